The molecule has 1 fully saturated rings. The fraction of sp³-hybridized carbons (Fsp3) is 0.611. The van der Waals surface area contributed by atoms with E-state index >= 15 is 0 Å². The molecule has 0 heterocycles. The first-order chi connectivity index (χ1) is 10.2. The summed E-state index contributed by atoms with van der Waals surface area (Å²) in [6, 6.07) is 8.39. The quantitative estimate of drug-likeness (QED) is 0.802. The van der Waals surface area contributed by atoms with Crippen LogP contribution in [0.1, 0.15) is 74.5 Å². The van der Waals surface area contributed by atoms with Crippen LogP contribution in [0.3, 0.4) is 0 Å². The average Bonchev–Trinajstić information content (AvgIpc) is 2.55. The highest BCUT2D eigenvalue weighted by Crippen LogP contribution is 2.33. The molecular weight excluding hydrogens is 264 g/mol. The average molecular weight is 290 g/mol. The summed E-state index contributed by atoms with van der Waals surface area (Å²) in [4.78, 5) is 11.0. The Labute approximate surface area is 127 Å². The van der Waals surface area contributed by atoms with Crippen LogP contribution in [-0.2, 0) is 9.53 Å². The Kier molecular flexibility index (Phi) is 6.24. The van der Waals surface area contributed by atoms with E-state index < -0.39 is 6.10 Å². The molecule has 1 N–H and O–H groups in total. The molecule has 0 saturated heterocycles. The molecule has 116 valence electrons. The van der Waals surface area contributed by atoms with Crippen molar-refractivity contribution in [3.63, 3.8) is 0 Å². The second-order valence-corrected chi connectivity index (χ2v) is 5.99. The molecule has 3 heteroatoms. The van der Waals surface area contributed by atoms with Crippen molar-refractivity contribution in [2.45, 2.75) is 63.4 Å². The number of ether oxygens (including phenoxy) is 1. The van der Waals surface area contributed by atoms with Gasteiger partial charge >= 0.3 is 5.97 Å². The smallest absolute Gasteiger partial charge is 0.305 e. The maximum absolute atomic E-state index is 11.0. The van der Waals surface area contributed by atoms with Gasteiger partial charge in [0.15, 0.2) is 0 Å². The predicted molar refractivity (Wildman–Crippen MR) is 83.1 cm³/mol. The van der Waals surface area contributed by atoms with Gasteiger partial charge in [-0.3, -0.25) is 4.79 Å². The third-order valence-corrected chi connectivity index (χ3v) is 4.48. The number of aliphatic hydroxyl groups excluding tert-OH is 1. The molecule has 1 aliphatic carbocycles. The van der Waals surface area contributed by atoms with Gasteiger partial charge in [0.2, 0.25) is 0 Å². The molecule has 2 rings (SSSR count). The van der Waals surface area contributed by atoms with E-state index in [0.29, 0.717) is 25.2 Å². The maximum Gasteiger partial charge on any atom is 0.305 e. The standard InChI is InChI=1S/C18H26O3/c1-21-18(20)9-5-8-17(19)16-12-10-15(11-13-16)14-6-3-2-4-7-14/h10-14,17,19H,2-9H2,1H3. The Morgan fingerprint density at radius 1 is 1.24 bits per heavy atom. The number of hydrogen-bond donors (Lipinski definition) is 1. The Balaban J connectivity index is 1.84. The van der Waals surface area contributed by atoms with Gasteiger partial charge in [-0.15, -0.1) is 0 Å². The summed E-state index contributed by atoms with van der Waals surface area (Å²) in [6.07, 6.45) is 7.75. The van der Waals surface area contributed by atoms with Crippen LogP contribution in [0.4, 0.5) is 0 Å². The van der Waals surface area contributed by atoms with Crippen molar-refractivity contribution < 1.29 is 14.6 Å². The number of rotatable bonds is 6. The summed E-state index contributed by atoms with van der Waals surface area (Å²) in [5.74, 6) is 0.485. The minimum absolute atomic E-state index is 0.213. The van der Waals surface area contributed by atoms with Crippen LogP contribution >= 0.6 is 0 Å². The van der Waals surface area contributed by atoms with E-state index in [4.69, 9.17) is 0 Å². The van der Waals surface area contributed by atoms with Gasteiger partial charge in [0.25, 0.3) is 0 Å². The molecule has 21 heavy (non-hydrogen) atoms. The number of carbonyl (C=O) groups is 1. The zero-order chi connectivity index (χ0) is 15.1. The van der Waals surface area contributed by atoms with Crippen molar-refractivity contribution in [3.05, 3.63) is 35.4 Å². The minimum Gasteiger partial charge on any atom is -0.469 e. The Bertz CT molecular complexity index is 432. The molecule has 3 nitrogen and oxygen atoms in total. The lowest BCUT2D eigenvalue weighted by atomic mass is 9.83. The molecule has 0 amide bonds. The molecule has 1 aromatic rings. The van der Waals surface area contributed by atoms with Crippen LogP contribution < -0.4 is 0 Å². The molecule has 1 unspecified atom stereocenters. The fourth-order valence-electron chi connectivity index (χ4n) is 3.13. The third-order valence-electron chi connectivity index (χ3n) is 4.48. The van der Waals surface area contributed by atoms with E-state index in [-0.39, 0.29) is 5.97 Å². The van der Waals surface area contributed by atoms with Crippen molar-refractivity contribution in [2.24, 2.45) is 0 Å². The largest absolute Gasteiger partial charge is 0.469 e. The summed E-state index contributed by atoms with van der Waals surface area (Å²) in [5.41, 5.74) is 2.35. The van der Waals surface area contributed by atoms with Crippen molar-refractivity contribution in [1.82, 2.24) is 0 Å². The fourth-order valence-corrected chi connectivity index (χ4v) is 3.13. The second kappa shape index (κ2) is 8.18. The highest BCUT2D eigenvalue weighted by Gasteiger charge is 2.16. The van der Waals surface area contributed by atoms with Gasteiger partial charge in [-0.25, -0.2) is 0 Å². The number of carbonyl (C=O) groups excluding carboxylic acids is 1. The van der Waals surface area contributed by atoms with Gasteiger partial charge in [-0.2, -0.15) is 0 Å². The van der Waals surface area contributed by atoms with Crippen LogP contribution in [-0.4, -0.2) is 18.2 Å². The van der Waals surface area contributed by atoms with Gasteiger partial charge in [0.1, 0.15) is 0 Å². The lowest BCUT2D eigenvalue weighted by molar-refractivity contribution is -0.140. The van der Waals surface area contributed by atoms with Gasteiger partial charge in [0.05, 0.1) is 13.2 Å². The van der Waals surface area contributed by atoms with E-state index in [1.165, 1.54) is 44.8 Å². The normalized spacial score (nSPS) is 17.4. The Morgan fingerprint density at radius 2 is 1.90 bits per heavy atom. The van der Waals surface area contributed by atoms with Gasteiger partial charge in [-0.05, 0) is 42.7 Å². The van der Waals surface area contributed by atoms with E-state index in [9.17, 15) is 9.90 Å². The molecule has 0 spiro atoms. The summed E-state index contributed by atoms with van der Waals surface area (Å²) in [5, 5.41) is 10.2. The number of benzene rings is 1. The van der Waals surface area contributed by atoms with E-state index in [1.807, 2.05) is 12.1 Å². The number of hydrogen-bond acceptors (Lipinski definition) is 3. The minimum atomic E-state index is -0.491. The Hall–Kier alpha value is -1.35. The summed E-state index contributed by atoms with van der Waals surface area (Å²) < 4.78 is 4.60. The van der Waals surface area contributed by atoms with Gasteiger partial charge < -0.3 is 9.84 Å². The second-order valence-electron chi connectivity index (χ2n) is 5.99. The van der Waals surface area contributed by atoms with Crippen LogP contribution in [0.2, 0.25) is 0 Å². The monoisotopic (exact) mass is 290 g/mol. The lowest BCUT2D eigenvalue weighted by Gasteiger charge is -2.22. The number of methoxy groups -OCH3 is 1. The van der Waals surface area contributed by atoms with Crippen LogP contribution in [0, 0.1) is 0 Å². The van der Waals surface area contributed by atoms with Crippen molar-refractivity contribution >= 4 is 5.97 Å². The molecular formula is C18H26O3. The van der Waals surface area contributed by atoms with Crippen molar-refractivity contribution in [1.29, 1.82) is 0 Å². The first kappa shape index (κ1) is 16.0. The SMILES string of the molecule is COC(=O)CCCC(O)c1ccc(C2CCCCC2)cc1. The highest BCUT2D eigenvalue weighted by molar-refractivity contribution is 5.68. The molecule has 1 saturated carbocycles. The first-order valence-corrected chi connectivity index (χ1v) is 8.05. The molecule has 1 aromatic carbocycles. The van der Waals surface area contributed by atoms with Crippen molar-refractivity contribution in [2.75, 3.05) is 7.11 Å². The predicted octanol–water partition coefficient (Wildman–Crippen LogP) is 4.11. The molecule has 0 aromatic heterocycles. The van der Waals surface area contributed by atoms with Gasteiger partial charge in [0, 0.05) is 6.42 Å². The Morgan fingerprint density at radius 3 is 2.52 bits per heavy atom. The lowest BCUT2D eigenvalue weighted by Crippen LogP contribution is -2.05. The topological polar surface area (TPSA) is 46.5 Å². The third kappa shape index (κ3) is 4.85. The summed E-state index contributed by atoms with van der Waals surface area (Å²) in [7, 11) is 1.39. The number of aliphatic hydroxyl groups is 1. The summed E-state index contributed by atoms with van der Waals surface area (Å²) in [6.45, 7) is 0. The molecule has 0 bridgehead atoms. The highest BCUT2D eigenvalue weighted by atomic mass is 16.5. The maximum atomic E-state index is 11.0. The van der Waals surface area contributed by atoms with Gasteiger partial charge in [-0.1, -0.05) is 43.5 Å². The molecule has 1 atom stereocenters. The molecule has 1 aliphatic rings. The first-order valence-electron chi connectivity index (χ1n) is 8.05. The van der Waals surface area contributed by atoms with Crippen LogP contribution in [0.25, 0.3) is 0 Å². The van der Waals surface area contributed by atoms with E-state index in [0.717, 1.165) is 5.56 Å². The zero-order valence-electron chi connectivity index (χ0n) is 12.9. The molecule has 0 radical (unpaired) electrons. The number of esters is 1. The van der Waals surface area contributed by atoms with E-state index in [2.05, 4.69) is 16.9 Å². The zero-order valence-corrected chi connectivity index (χ0v) is 12.9. The van der Waals surface area contributed by atoms with Crippen molar-refractivity contribution in [3.8, 4) is 0 Å². The molecule has 0 aliphatic heterocycles. The summed E-state index contributed by atoms with van der Waals surface area (Å²) >= 11 is 0. The van der Waals surface area contributed by atoms with Crippen LogP contribution in [0.5, 0.6) is 0 Å². The van der Waals surface area contributed by atoms with Crippen LogP contribution in [0.15, 0.2) is 24.3 Å². The van der Waals surface area contributed by atoms with E-state index in [1.54, 1.807) is 0 Å².